The molecule has 0 unspecified atom stereocenters. The summed E-state index contributed by atoms with van der Waals surface area (Å²) in [6.07, 6.45) is 0. The third-order valence-electron chi connectivity index (χ3n) is 11.6. The molecule has 0 N–H and O–H groups in total. The zero-order valence-corrected chi connectivity index (χ0v) is 30.8. The zero-order chi connectivity index (χ0) is 37.0. The van der Waals surface area contributed by atoms with Crippen molar-refractivity contribution in [3.05, 3.63) is 218 Å². The highest BCUT2D eigenvalue weighted by Gasteiger charge is 2.17. The van der Waals surface area contributed by atoms with E-state index < -0.39 is 0 Å². The van der Waals surface area contributed by atoms with E-state index in [0.717, 1.165) is 0 Å². The van der Waals surface area contributed by atoms with Gasteiger partial charge in [-0.15, -0.1) is 0 Å². The van der Waals surface area contributed by atoms with Crippen molar-refractivity contribution in [2.45, 2.75) is 0 Å². The molecular weight excluding hydrogens is 673 g/mol. The first-order valence-corrected chi connectivity index (χ1v) is 19.4. The van der Waals surface area contributed by atoms with Crippen LogP contribution in [0.5, 0.6) is 0 Å². The largest absolute Gasteiger partial charge is 0.0622 e. The van der Waals surface area contributed by atoms with E-state index in [1.165, 1.54) is 109 Å². The Labute approximate surface area is 326 Å². The van der Waals surface area contributed by atoms with Gasteiger partial charge in [-0.25, -0.2) is 0 Å². The highest BCUT2D eigenvalue weighted by molar-refractivity contribution is 6.17. The molecule has 11 rings (SSSR count). The quantitative estimate of drug-likeness (QED) is 0.156. The molecule has 0 heteroatoms. The normalized spacial score (nSPS) is 11.6. The van der Waals surface area contributed by atoms with Crippen LogP contribution < -0.4 is 0 Å². The van der Waals surface area contributed by atoms with Crippen LogP contribution in [0.1, 0.15) is 0 Å². The highest BCUT2D eigenvalue weighted by atomic mass is 14.2. The molecule has 0 aliphatic heterocycles. The van der Waals surface area contributed by atoms with Gasteiger partial charge in [-0.1, -0.05) is 182 Å². The molecule has 0 radical (unpaired) electrons. The van der Waals surface area contributed by atoms with Crippen LogP contribution in [-0.4, -0.2) is 0 Å². The second kappa shape index (κ2) is 13.2. The fourth-order valence-corrected chi connectivity index (χ4v) is 8.94. The van der Waals surface area contributed by atoms with Crippen molar-refractivity contribution in [2.24, 2.45) is 0 Å². The fourth-order valence-electron chi connectivity index (χ4n) is 8.94. The van der Waals surface area contributed by atoms with E-state index in [1.807, 2.05) is 0 Å². The third kappa shape index (κ3) is 5.38. The minimum absolute atomic E-state index is 1.21. The van der Waals surface area contributed by atoms with Crippen LogP contribution in [0.2, 0.25) is 0 Å². The van der Waals surface area contributed by atoms with Crippen molar-refractivity contribution in [3.63, 3.8) is 0 Å². The standard InChI is InChI=1S/C56H36/c1-3-15-37(16-4-1)52-32-39-19-7-8-20-40(39)33-54(52)43-28-30-51-47-29-27-42(31-44(47)36-53(56(51)35-43)38-17-5-2-6-18-38)46-23-11-12-25-49(46)55-34-41-21-9-10-22-45(41)48-24-13-14-26-50(48)55/h1-36H. The molecule has 0 aromatic heterocycles. The summed E-state index contributed by atoms with van der Waals surface area (Å²) in [5.41, 5.74) is 12.3. The number of hydrogen-bond acceptors (Lipinski definition) is 0. The van der Waals surface area contributed by atoms with Gasteiger partial charge >= 0.3 is 0 Å². The highest BCUT2D eigenvalue weighted by Crippen LogP contribution is 2.44. The van der Waals surface area contributed by atoms with E-state index in [1.54, 1.807) is 0 Å². The summed E-state index contributed by atoms with van der Waals surface area (Å²) in [5.74, 6) is 0. The van der Waals surface area contributed by atoms with E-state index >= 15 is 0 Å². The second-order valence-electron chi connectivity index (χ2n) is 14.8. The molecule has 0 spiro atoms. The van der Waals surface area contributed by atoms with Gasteiger partial charge in [0, 0.05) is 0 Å². The van der Waals surface area contributed by atoms with Crippen molar-refractivity contribution >= 4 is 53.9 Å². The Bertz CT molecular complexity index is 3280. The van der Waals surface area contributed by atoms with E-state index in [0.29, 0.717) is 0 Å². The van der Waals surface area contributed by atoms with Gasteiger partial charge in [-0.2, -0.15) is 0 Å². The van der Waals surface area contributed by atoms with Crippen molar-refractivity contribution in [1.82, 2.24) is 0 Å². The summed E-state index contributed by atoms with van der Waals surface area (Å²) in [6, 6.07) is 80.4. The van der Waals surface area contributed by atoms with Gasteiger partial charge in [-0.05, 0) is 146 Å². The van der Waals surface area contributed by atoms with Gasteiger partial charge in [0.15, 0.2) is 0 Å². The predicted molar refractivity (Wildman–Crippen MR) is 241 cm³/mol. The molecule has 0 aliphatic carbocycles. The van der Waals surface area contributed by atoms with Crippen molar-refractivity contribution in [1.29, 1.82) is 0 Å². The van der Waals surface area contributed by atoms with Crippen LogP contribution in [0.4, 0.5) is 0 Å². The predicted octanol–water partition coefficient (Wildman–Crippen LogP) is 15.8. The Morgan fingerprint density at radius 2 is 0.607 bits per heavy atom. The molecule has 0 aliphatic rings. The number of benzene rings is 11. The van der Waals surface area contributed by atoms with Gasteiger partial charge in [0.2, 0.25) is 0 Å². The Morgan fingerprint density at radius 3 is 1.32 bits per heavy atom. The average Bonchev–Trinajstić information content (AvgIpc) is 3.28. The molecule has 0 atom stereocenters. The lowest BCUT2D eigenvalue weighted by atomic mass is 9.86. The molecule has 0 fully saturated rings. The van der Waals surface area contributed by atoms with Crippen LogP contribution in [0.3, 0.4) is 0 Å². The van der Waals surface area contributed by atoms with E-state index in [9.17, 15) is 0 Å². The summed E-state index contributed by atoms with van der Waals surface area (Å²) < 4.78 is 0. The van der Waals surface area contributed by atoms with Crippen LogP contribution in [0, 0.1) is 0 Å². The maximum Gasteiger partial charge on any atom is -0.00928 e. The topological polar surface area (TPSA) is 0 Å². The number of rotatable bonds is 5. The number of fused-ring (bicyclic) bond motifs is 7. The Balaban J connectivity index is 1.12. The molecule has 0 heterocycles. The third-order valence-corrected chi connectivity index (χ3v) is 11.6. The molecule has 11 aromatic rings. The van der Waals surface area contributed by atoms with Crippen molar-refractivity contribution < 1.29 is 0 Å². The fraction of sp³-hybridized carbons (Fsp3) is 0. The molecule has 260 valence electrons. The van der Waals surface area contributed by atoms with Gasteiger partial charge < -0.3 is 0 Å². The SMILES string of the molecule is c1ccc(-c2cc3ccccc3cc2-c2ccc3c(c2)c(-c2ccccc2)cc2cc(-c4ccccc4-c4cc5ccccc5c5ccccc45)ccc23)cc1. The molecule has 0 saturated carbocycles. The van der Waals surface area contributed by atoms with E-state index in [-0.39, 0.29) is 0 Å². The monoisotopic (exact) mass is 708 g/mol. The molecular formula is C56H36. The average molecular weight is 709 g/mol. The Kier molecular flexibility index (Phi) is 7.60. The van der Waals surface area contributed by atoms with Crippen LogP contribution in [0.25, 0.3) is 109 Å². The molecule has 11 aromatic carbocycles. The second-order valence-corrected chi connectivity index (χ2v) is 14.8. The minimum atomic E-state index is 1.21. The smallest absolute Gasteiger partial charge is 0.00928 e. The molecule has 0 amide bonds. The Morgan fingerprint density at radius 1 is 0.161 bits per heavy atom. The molecule has 0 nitrogen and oxygen atoms in total. The summed E-state index contributed by atoms with van der Waals surface area (Å²) in [6.45, 7) is 0. The van der Waals surface area contributed by atoms with E-state index in [4.69, 9.17) is 0 Å². The number of hydrogen-bond donors (Lipinski definition) is 0. The lowest BCUT2D eigenvalue weighted by Gasteiger charge is -2.17. The summed E-state index contributed by atoms with van der Waals surface area (Å²) in [5, 5.41) is 12.6. The van der Waals surface area contributed by atoms with Gasteiger partial charge in [0.1, 0.15) is 0 Å². The van der Waals surface area contributed by atoms with Crippen molar-refractivity contribution in [2.75, 3.05) is 0 Å². The van der Waals surface area contributed by atoms with Crippen molar-refractivity contribution in [3.8, 4) is 55.6 Å². The first kappa shape index (κ1) is 32.2. The first-order valence-electron chi connectivity index (χ1n) is 19.4. The molecule has 56 heavy (non-hydrogen) atoms. The Hall–Kier alpha value is -7.28. The minimum Gasteiger partial charge on any atom is -0.0622 e. The zero-order valence-electron chi connectivity index (χ0n) is 30.8. The summed E-state index contributed by atoms with van der Waals surface area (Å²) in [4.78, 5) is 0. The first-order chi connectivity index (χ1) is 27.8. The maximum absolute atomic E-state index is 2.42. The molecule has 0 bridgehead atoms. The lowest BCUT2D eigenvalue weighted by Crippen LogP contribution is -1.91. The van der Waals surface area contributed by atoms with Crippen LogP contribution in [-0.2, 0) is 0 Å². The lowest BCUT2D eigenvalue weighted by molar-refractivity contribution is 1.61. The van der Waals surface area contributed by atoms with Gasteiger partial charge in [0.05, 0.1) is 0 Å². The van der Waals surface area contributed by atoms with E-state index in [2.05, 4.69) is 218 Å². The van der Waals surface area contributed by atoms with Gasteiger partial charge in [0.25, 0.3) is 0 Å². The molecule has 0 saturated heterocycles. The summed E-state index contributed by atoms with van der Waals surface area (Å²) in [7, 11) is 0. The van der Waals surface area contributed by atoms with Crippen LogP contribution in [0.15, 0.2) is 218 Å². The maximum atomic E-state index is 2.42. The van der Waals surface area contributed by atoms with Gasteiger partial charge in [-0.3, -0.25) is 0 Å². The van der Waals surface area contributed by atoms with Crippen LogP contribution >= 0.6 is 0 Å². The summed E-state index contributed by atoms with van der Waals surface area (Å²) >= 11 is 0.